The van der Waals surface area contributed by atoms with E-state index in [2.05, 4.69) is 24.1 Å². The summed E-state index contributed by atoms with van der Waals surface area (Å²) < 4.78 is 0. The van der Waals surface area contributed by atoms with Gasteiger partial charge in [-0.2, -0.15) is 0 Å². The Kier molecular flexibility index (Phi) is 5.01. The van der Waals surface area contributed by atoms with E-state index in [4.69, 9.17) is 23.2 Å². The van der Waals surface area contributed by atoms with Gasteiger partial charge < -0.3 is 10.2 Å². The Morgan fingerprint density at radius 1 is 1.32 bits per heavy atom. The highest BCUT2D eigenvalue weighted by atomic mass is 35.5. The number of non-ortho nitro benzene ring substituents is 1. The molecule has 0 saturated carbocycles. The van der Waals surface area contributed by atoms with E-state index in [0.29, 0.717) is 12.2 Å². The molecule has 0 aliphatic carbocycles. The third kappa shape index (κ3) is 3.96. The molecule has 0 amide bonds. The number of hydrogen-bond donors (Lipinski definition) is 1. The predicted molar refractivity (Wildman–Crippen MR) is 79.4 cm³/mol. The number of halogens is 2. The molecular weight excluding hydrogens is 289 g/mol. The minimum Gasteiger partial charge on any atom is -0.381 e. The first-order chi connectivity index (χ1) is 8.65. The van der Waals surface area contributed by atoms with Crippen molar-refractivity contribution in [1.29, 1.82) is 0 Å². The lowest BCUT2D eigenvalue weighted by atomic mass is 10.0. The molecule has 0 heterocycles. The van der Waals surface area contributed by atoms with Gasteiger partial charge in [0.05, 0.1) is 20.7 Å². The smallest absolute Gasteiger partial charge is 0.272 e. The highest BCUT2D eigenvalue weighted by Gasteiger charge is 2.22. The van der Waals surface area contributed by atoms with E-state index < -0.39 is 4.92 Å². The van der Waals surface area contributed by atoms with Gasteiger partial charge in [0.25, 0.3) is 5.69 Å². The van der Waals surface area contributed by atoms with Crippen LogP contribution < -0.4 is 5.32 Å². The van der Waals surface area contributed by atoms with Crippen molar-refractivity contribution in [2.24, 2.45) is 0 Å². The van der Waals surface area contributed by atoms with E-state index in [1.165, 1.54) is 12.1 Å². The molecule has 0 fully saturated rings. The van der Waals surface area contributed by atoms with Gasteiger partial charge in [-0.15, -0.1) is 0 Å². The molecule has 19 heavy (non-hydrogen) atoms. The highest BCUT2D eigenvalue weighted by Crippen LogP contribution is 2.35. The normalized spacial score (nSPS) is 11.7. The standard InChI is InChI=1S/C12H17Cl2N3O2/c1-12(2,16(3)4)7-15-11-9(13)5-8(17(18)19)6-10(11)14/h5-6,15H,7H2,1-4H3. The molecule has 0 atom stereocenters. The molecule has 1 N–H and O–H groups in total. The minimum atomic E-state index is -0.523. The molecular formula is C12H17Cl2N3O2. The van der Waals surface area contributed by atoms with Crippen molar-refractivity contribution in [3.8, 4) is 0 Å². The summed E-state index contributed by atoms with van der Waals surface area (Å²) in [5, 5.41) is 14.3. The fourth-order valence-corrected chi connectivity index (χ4v) is 1.91. The van der Waals surface area contributed by atoms with Crippen LogP contribution in [0.4, 0.5) is 11.4 Å². The maximum absolute atomic E-state index is 10.7. The van der Waals surface area contributed by atoms with Gasteiger partial charge in [0.1, 0.15) is 0 Å². The SMILES string of the molecule is CN(C)C(C)(C)CNc1c(Cl)cc([N+](=O)[O-])cc1Cl. The number of likely N-dealkylation sites (N-methyl/N-ethyl adjacent to an activating group) is 1. The summed E-state index contributed by atoms with van der Waals surface area (Å²) in [4.78, 5) is 12.2. The molecule has 0 bridgehead atoms. The van der Waals surface area contributed by atoms with Gasteiger partial charge in [-0.3, -0.25) is 10.1 Å². The van der Waals surface area contributed by atoms with E-state index in [1.54, 1.807) is 0 Å². The Labute approximate surface area is 122 Å². The average Bonchev–Trinajstić information content (AvgIpc) is 2.27. The summed E-state index contributed by atoms with van der Waals surface area (Å²) in [6, 6.07) is 2.58. The van der Waals surface area contributed by atoms with Crippen LogP contribution in [0.5, 0.6) is 0 Å². The van der Waals surface area contributed by atoms with Crippen LogP contribution in [0.15, 0.2) is 12.1 Å². The first-order valence-corrected chi connectivity index (χ1v) is 6.45. The summed E-state index contributed by atoms with van der Waals surface area (Å²) in [5.74, 6) is 0. The van der Waals surface area contributed by atoms with Crippen LogP contribution in [0, 0.1) is 10.1 Å². The van der Waals surface area contributed by atoms with E-state index in [0.717, 1.165) is 0 Å². The van der Waals surface area contributed by atoms with Gasteiger partial charge in [0.15, 0.2) is 0 Å². The molecule has 0 aliphatic heterocycles. The van der Waals surface area contributed by atoms with Crippen molar-refractivity contribution in [3.05, 3.63) is 32.3 Å². The summed E-state index contributed by atoms with van der Waals surface area (Å²) in [7, 11) is 3.95. The monoisotopic (exact) mass is 305 g/mol. The Balaban J connectivity index is 2.94. The van der Waals surface area contributed by atoms with Gasteiger partial charge >= 0.3 is 0 Å². The first-order valence-electron chi connectivity index (χ1n) is 5.70. The molecule has 1 aromatic carbocycles. The van der Waals surface area contributed by atoms with E-state index in [-0.39, 0.29) is 21.3 Å². The van der Waals surface area contributed by atoms with Crippen LogP contribution in [0.3, 0.4) is 0 Å². The number of benzene rings is 1. The van der Waals surface area contributed by atoms with Crippen LogP contribution in [0.25, 0.3) is 0 Å². The van der Waals surface area contributed by atoms with E-state index in [9.17, 15) is 10.1 Å². The van der Waals surface area contributed by atoms with Gasteiger partial charge in [-0.1, -0.05) is 23.2 Å². The molecule has 106 valence electrons. The summed E-state index contributed by atoms with van der Waals surface area (Å²) in [6.07, 6.45) is 0. The fourth-order valence-electron chi connectivity index (χ4n) is 1.30. The molecule has 0 saturated heterocycles. The molecule has 5 nitrogen and oxygen atoms in total. The number of nitro groups is 1. The number of nitrogens with zero attached hydrogens (tertiary/aromatic N) is 2. The molecule has 0 aromatic heterocycles. The van der Waals surface area contributed by atoms with Crippen molar-refractivity contribution >= 4 is 34.6 Å². The largest absolute Gasteiger partial charge is 0.381 e. The zero-order valence-electron chi connectivity index (χ0n) is 11.3. The number of anilines is 1. The van der Waals surface area contributed by atoms with E-state index >= 15 is 0 Å². The Morgan fingerprint density at radius 2 is 1.79 bits per heavy atom. The maximum atomic E-state index is 10.7. The number of nitrogens with one attached hydrogen (secondary N) is 1. The molecule has 0 radical (unpaired) electrons. The van der Waals surface area contributed by atoms with Crippen molar-refractivity contribution < 1.29 is 4.92 Å². The minimum absolute atomic E-state index is 0.103. The Bertz CT molecular complexity index is 467. The third-order valence-corrected chi connectivity index (χ3v) is 3.74. The molecule has 7 heteroatoms. The highest BCUT2D eigenvalue weighted by molar-refractivity contribution is 6.39. The molecule has 0 unspecified atom stereocenters. The predicted octanol–water partition coefficient (Wildman–Crippen LogP) is 3.65. The molecule has 1 rings (SSSR count). The summed E-state index contributed by atoms with van der Waals surface area (Å²) in [5.41, 5.74) is 0.297. The second-order valence-electron chi connectivity index (χ2n) is 5.10. The third-order valence-electron chi connectivity index (χ3n) is 3.15. The fraction of sp³-hybridized carbons (Fsp3) is 0.500. The number of hydrogen-bond acceptors (Lipinski definition) is 4. The molecule has 1 aromatic rings. The maximum Gasteiger partial charge on any atom is 0.272 e. The number of rotatable bonds is 5. The van der Waals surface area contributed by atoms with Crippen LogP contribution in [-0.4, -0.2) is 36.0 Å². The lowest BCUT2D eigenvalue weighted by molar-refractivity contribution is -0.384. The zero-order chi connectivity index (χ0) is 14.8. The quantitative estimate of drug-likeness (QED) is 0.666. The first kappa shape index (κ1) is 16.0. The summed E-state index contributed by atoms with van der Waals surface area (Å²) >= 11 is 12.0. The van der Waals surface area contributed by atoms with Crippen molar-refractivity contribution in [2.75, 3.05) is 26.0 Å². The lowest BCUT2D eigenvalue weighted by Crippen LogP contribution is -2.44. The van der Waals surface area contributed by atoms with Gasteiger partial charge in [-0.25, -0.2) is 0 Å². The van der Waals surface area contributed by atoms with Gasteiger partial charge in [0, 0.05) is 24.2 Å². The van der Waals surface area contributed by atoms with Gasteiger partial charge in [0.2, 0.25) is 0 Å². The van der Waals surface area contributed by atoms with E-state index in [1.807, 2.05) is 14.1 Å². The molecule has 0 aliphatic rings. The average molecular weight is 306 g/mol. The second kappa shape index (κ2) is 5.94. The second-order valence-corrected chi connectivity index (χ2v) is 5.92. The number of nitro benzene ring substituents is 1. The molecule has 0 spiro atoms. The van der Waals surface area contributed by atoms with Crippen molar-refractivity contribution in [3.63, 3.8) is 0 Å². The Hall–Kier alpha value is -1.04. The van der Waals surface area contributed by atoms with Crippen LogP contribution in [-0.2, 0) is 0 Å². The Morgan fingerprint density at radius 3 is 2.16 bits per heavy atom. The van der Waals surface area contributed by atoms with Crippen LogP contribution in [0.1, 0.15) is 13.8 Å². The zero-order valence-corrected chi connectivity index (χ0v) is 12.8. The van der Waals surface area contributed by atoms with Gasteiger partial charge in [-0.05, 0) is 27.9 Å². The summed E-state index contributed by atoms with van der Waals surface area (Å²) in [6.45, 7) is 4.73. The topological polar surface area (TPSA) is 58.4 Å². The lowest BCUT2D eigenvalue weighted by Gasteiger charge is -2.33. The van der Waals surface area contributed by atoms with Crippen molar-refractivity contribution in [1.82, 2.24) is 4.90 Å². The van der Waals surface area contributed by atoms with Crippen LogP contribution in [0.2, 0.25) is 10.0 Å². The van der Waals surface area contributed by atoms with Crippen molar-refractivity contribution in [2.45, 2.75) is 19.4 Å². The van der Waals surface area contributed by atoms with Crippen LogP contribution >= 0.6 is 23.2 Å².